The van der Waals surface area contributed by atoms with Gasteiger partial charge in [0.05, 0.1) is 0 Å². The Morgan fingerprint density at radius 3 is 1.37 bits per heavy atom. The molecule has 0 atom stereocenters. The van der Waals surface area contributed by atoms with E-state index in [9.17, 15) is 0 Å². The molecule has 0 aliphatic carbocycles. The van der Waals surface area contributed by atoms with Gasteiger partial charge in [0.25, 0.3) is 0 Å². The van der Waals surface area contributed by atoms with Crippen molar-refractivity contribution in [2.24, 2.45) is 32.9 Å². The Hall–Kier alpha value is -4.08. The maximum Gasteiger partial charge on any atom is 0.227 e. The molecule has 0 aliphatic heterocycles. The molecule has 0 saturated carbocycles. The summed E-state index contributed by atoms with van der Waals surface area (Å²) in [6.45, 7) is 5.64. The van der Waals surface area contributed by atoms with E-state index >= 15 is 0 Å². The third-order valence-corrected chi connectivity index (χ3v) is 4.42. The molecule has 10 heteroatoms. The molecule has 30 heavy (non-hydrogen) atoms. The monoisotopic (exact) mass is 408 g/mol. The summed E-state index contributed by atoms with van der Waals surface area (Å²) in [5.41, 5.74) is 25.3. The predicted octanol–water partition coefficient (Wildman–Crippen LogP) is 1.38. The van der Waals surface area contributed by atoms with Gasteiger partial charge in [0, 0.05) is 11.4 Å². The normalized spacial score (nSPS) is 11.2. The molecule has 0 amide bonds. The number of hydrogen-bond acceptors (Lipinski definition) is 2. The van der Waals surface area contributed by atoms with Crippen LogP contribution in [0.3, 0.4) is 0 Å². The number of nitrogens with zero attached hydrogens (tertiary/aromatic N) is 4. The molecule has 0 bridgehead atoms. The summed E-state index contributed by atoms with van der Waals surface area (Å²) in [6.07, 6.45) is -0.626. The first-order valence-corrected chi connectivity index (χ1v) is 9.19. The minimum atomic E-state index is -0.626. The number of benzene rings is 2. The highest BCUT2D eigenvalue weighted by atomic mass is 15.4. The van der Waals surface area contributed by atoms with Gasteiger partial charge in [0.1, 0.15) is 6.17 Å². The minimum absolute atomic E-state index is 0.187. The van der Waals surface area contributed by atoms with Crippen LogP contribution in [0.1, 0.15) is 18.1 Å². The average molecular weight is 409 g/mol. The lowest BCUT2D eigenvalue weighted by molar-refractivity contribution is 0.734. The molecular weight excluding hydrogens is 380 g/mol. The number of rotatable bonds is 4. The second-order valence-corrected chi connectivity index (χ2v) is 6.67. The molecule has 2 aromatic rings. The molecule has 158 valence electrons. The van der Waals surface area contributed by atoms with Crippen LogP contribution < -0.4 is 32.7 Å². The van der Waals surface area contributed by atoms with Gasteiger partial charge in [-0.15, -0.1) is 0 Å². The Bertz CT molecular complexity index is 907. The van der Waals surface area contributed by atoms with Crippen LogP contribution in [0.5, 0.6) is 0 Å². The maximum absolute atomic E-state index is 8.53. The molecule has 2 rings (SSSR count). The maximum atomic E-state index is 8.53. The van der Waals surface area contributed by atoms with Gasteiger partial charge < -0.3 is 22.9 Å². The van der Waals surface area contributed by atoms with E-state index in [1.807, 2.05) is 69.3 Å². The zero-order chi connectivity index (χ0) is 22.4. The van der Waals surface area contributed by atoms with Crippen molar-refractivity contribution in [2.45, 2.75) is 26.9 Å². The molecule has 0 unspecified atom stereocenters. The van der Waals surface area contributed by atoms with Crippen LogP contribution in [0.25, 0.3) is 0 Å². The summed E-state index contributed by atoms with van der Waals surface area (Å²) in [4.78, 5) is 11.1. The van der Waals surface area contributed by atoms with Crippen LogP contribution in [-0.2, 0) is 0 Å². The Kier molecular flexibility index (Phi) is 6.97. The standard InChI is InChI=1S/C20H28N10/c1-12-8-4-6-10-15(12)29(19(25)27-17(21)22)14(3)30(20(26)28-18(23)24)16-11-7-5-9-13(16)2/h4-11,14H,1-3H3,(H5,21,22,25,27)(H5,23,24,26,28). The van der Waals surface area contributed by atoms with Crippen molar-refractivity contribution in [1.82, 2.24) is 0 Å². The van der Waals surface area contributed by atoms with Gasteiger partial charge >= 0.3 is 0 Å². The number of guanidine groups is 4. The van der Waals surface area contributed by atoms with E-state index in [-0.39, 0.29) is 23.8 Å². The number of hydrogen-bond donors (Lipinski definition) is 6. The first kappa shape index (κ1) is 22.2. The fraction of sp³-hybridized carbons (Fsp3) is 0.200. The first-order chi connectivity index (χ1) is 14.1. The third kappa shape index (κ3) is 5.04. The van der Waals surface area contributed by atoms with Gasteiger partial charge in [0.2, 0.25) is 11.9 Å². The third-order valence-electron chi connectivity index (χ3n) is 4.42. The predicted molar refractivity (Wildman–Crippen MR) is 124 cm³/mol. The molecule has 0 spiro atoms. The highest BCUT2D eigenvalue weighted by Gasteiger charge is 2.30. The molecule has 2 aromatic carbocycles. The van der Waals surface area contributed by atoms with E-state index < -0.39 is 6.17 Å². The van der Waals surface area contributed by atoms with E-state index in [1.165, 1.54) is 0 Å². The Balaban J connectivity index is 2.69. The zero-order valence-corrected chi connectivity index (χ0v) is 17.3. The van der Waals surface area contributed by atoms with Crippen molar-refractivity contribution < 1.29 is 0 Å². The van der Waals surface area contributed by atoms with E-state index in [2.05, 4.69) is 9.98 Å². The fourth-order valence-electron chi connectivity index (χ4n) is 3.12. The molecule has 0 saturated heterocycles. The summed E-state index contributed by atoms with van der Waals surface area (Å²) in [6, 6.07) is 15.0. The number of anilines is 2. The largest absolute Gasteiger partial charge is 0.370 e. The Morgan fingerprint density at radius 2 is 1.07 bits per heavy atom. The molecule has 0 aromatic heterocycles. The molecule has 0 aliphatic rings. The second kappa shape index (κ2) is 9.41. The van der Waals surface area contributed by atoms with Gasteiger partial charge in [-0.2, -0.15) is 9.98 Å². The first-order valence-electron chi connectivity index (χ1n) is 9.19. The lowest BCUT2D eigenvalue weighted by Crippen LogP contribution is -2.52. The topological polar surface area (TPSA) is 183 Å². The zero-order valence-electron chi connectivity index (χ0n) is 17.3. The van der Waals surface area contributed by atoms with Crippen LogP contribution >= 0.6 is 0 Å². The Labute approximate surface area is 175 Å². The van der Waals surface area contributed by atoms with Crippen molar-refractivity contribution in [1.29, 1.82) is 10.8 Å². The van der Waals surface area contributed by atoms with Crippen LogP contribution in [0.15, 0.2) is 58.5 Å². The van der Waals surface area contributed by atoms with Crippen molar-refractivity contribution >= 4 is 35.2 Å². The van der Waals surface area contributed by atoms with Crippen molar-refractivity contribution in [3.63, 3.8) is 0 Å². The summed E-state index contributed by atoms with van der Waals surface area (Å²) >= 11 is 0. The highest BCUT2D eigenvalue weighted by Crippen LogP contribution is 2.29. The van der Waals surface area contributed by atoms with E-state index in [0.29, 0.717) is 11.4 Å². The van der Waals surface area contributed by atoms with Crippen LogP contribution in [0, 0.1) is 24.7 Å². The minimum Gasteiger partial charge on any atom is -0.370 e. The quantitative estimate of drug-likeness (QED) is 0.252. The molecule has 0 fully saturated rings. The molecule has 0 heterocycles. The number of aliphatic imine (C=N–C) groups is 2. The van der Waals surface area contributed by atoms with Gasteiger partial charge in [-0.25, -0.2) is 0 Å². The van der Waals surface area contributed by atoms with Crippen molar-refractivity contribution in [3.05, 3.63) is 59.7 Å². The average Bonchev–Trinajstić information content (AvgIpc) is 2.64. The molecule has 10 N–H and O–H groups in total. The molecular formula is C20H28N10. The smallest absolute Gasteiger partial charge is 0.227 e. The van der Waals surface area contributed by atoms with E-state index in [4.69, 9.17) is 33.8 Å². The van der Waals surface area contributed by atoms with Crippen molar-refractivity contribution in [3.8, 4) is 0 Å². The summed E-state index contributed by atoms with van der Waals surface area (Å²) in [5.74, 6) is -0.860. The summed E-state index contributed by atoms with van der Waals surface area (Å²) in [7, 11) is 0. The van der Waals surface area contributed by atoms with Crippen molar-refractivity contribution in [2.75, 3.05) is 9.80 Å². The van der Waals surface area contributed by atoms with Gasteiger partial charge in [-0.3, -0.25) is 20.6 Å². The lowest BCUT2D eigenvalue weighted by atomic mass is 10.1. The molecule has 0 radical (unpaired) electrons. The lowest BCUT2D eigenvalue weighted by Gasteiger charge is -2.39. The van der Waals surface area contributed by atoms with E-state index in [1.54, 1.807) is 9.80 Å². The van der Waals surface area contributed by atoms with Crippen LogP contribution in [0.4, 0.5) is 11.4 Å². The molecule has 10 nitrogen and oxygen atoms in total. The van der Waals surface area contributed by atoms with Gasteiger partial charge in [0.15, 0.2) is 11.9 Å². The van der Waals surface area contributed by atoms with Crippen LogP contribution in [0.2, 0.25) is 0 Å². The number of aryl methyl sites for hydroxylation is 2. The van der Waals surface area contributed by atoms with Crippen LogP contribution in [-0.4, -0.2) is 30.0 Å². The highest BCUT2D eigenvalue weighted by molar-refractivity contribution is 6.06. The summed E-state index contributed by atoms with van der Waals surface area (Å²) in [5, 5.41) is 17.1. The number of nitrogens with two attached hydrogens (primary N) is 4. The van der Waals surface area contributed by atoms with Gasteiger partial charge in [-0.05, 0) is 44.0 Å². The van der Waals surface area contributed by atoms with E-state index in [0.717, 1.165) is 11.1 Å². The Morgan fingerprint density at radius 1 is 0.733 bits per heavy atom. The SMILES string of the molecule is Cc1ccccc1N(C(=N)N=C(N)N)C(C)N(C(=N)N=C(N)N)c1ccccc1C. The fourth-order valence-corrected chi connectivity index (χ4v) is 3.12. The summed E-state index contributed by atoms with van der Waals surface area (Å²) < 4.78 is 0. The second-order valence-electron chi connectivity index (χ2n) is 6.67. The van der Waals surface area contributed by atoms with Gasteiger partial charge in [-0.1, -0.05) is 36.4 Å². The number of para-hydroxylation sites is 2. The number of nitrogens with one attached hydrogen (secondary N) is 2.